The fraction of sp³-hybridized carbons (Fsp3) is 0.667. The molecule has 84 valence electrons. The molecule has 1 N–H and O–H groups in total. The van der Waals surface area contributed by atoms with Crippen LogP contribution in [0, 0.1) is 0 Å². The maximum Gasteiger partial charge on any atom is 0.0722 e. The van der Waals surface area contributed by atoms with Gasteiger partial charge in [0, 0.05) is 23.9 Å². The minimum Gasteiger partial charge on any atom is -0.389 e. The van der Waals surface area contributed by atoms with Crippen molar-refractivity contribution in [1.29, 1.82) is 0 Å². The monoisotopic (exact) mass is 225 g/mol. The van der Waals surface area contributed by atoms with E-state index in [0.29, 0.717) is 6.04 Å². The first-order valence-electron chi connectivity index (χ1n) is 5.54. The summed E-state index contributed by atoms with van der Waals surface area (Å²) < 4.78 is 0. The van der Waals surface area contributed by atoms with Crippen molar-refractivity contribution in [3.63, 3.8) is 0 Å². The van der Waals surface area contributed by atoms with Crippen LogP contribution in [0.25, 0.3) is 0 Å². The SMILES string of the molecule is CC1CC(O)(Cc2cccs2)CCN1C. The molecule has 0 radical (unpaired) electrons. The largest absolute Gasteiger partial charge is 0.389 e. The molecular weight excluding hydrogens is 206 g/mol. The number of rotatable bonds is 2. The van der Waals surface area contributed by atoms with Crippen molar-refractivity contribution in [3.05, 3.63) is 22.4 Å². The summed E-state index contributed by atoms with van der Waals surface area (Å²) in [5.74, 6) is 0. The van der Waals surface area contributed by atoms with E-state index in [1.165, 1.54) is 4.88 Å². The molecule has 0 aromatic carbocycles. The zero-order valence-electron chi connectivity index (χ0n) is 9.44. The van der Waals surface area contributed by atoms with Crippen molar-refractivity contribution in [1.82, 2.24) is 4.90 Å². The summed E-state index contributed by atoms with van der Waals surface area (Å²) in [5.41, 5.74) is -0.475. The number of nitrogens with zero attached hydrogens (tertiary/aromatic N) is 1. The number of hydrogen-bond donors (Lipinski definition) is 1. The number of thiophene rings is 1. The van der Waals surface area contributed by atoms with Crippen molar-refractivity contribution < 1.29 is 5.11 Å². The topological polar surface area (TPSA) is 23.5 Å². The highest BCUT2D eigenvalue weighted by Gasteiger charge is 2.35. The van der Waals surface area contributed by atoms with Crippen LogP contribution < -0.4 is 0 Å². The van der Waals surface area contributed by atoms with Gasteiger partial charge in [-0.05, 0) is 38.3 Å². The molecule has 2 unspecified atom stereocenters. The molecule has 0 saturated carbocycles. The highest BCUT2D eigenvalue weighted by atomic mass is 32.1. The Balaban J connectivity index is 2.01. The Kier molecular flexibility index (Phi) is 3.14. The molecule has 1 fully saturated rings. The van der Waals surface area contributed by atoms with E-state index in [9.17, 15) is 5.11 Å². The molecular formula is C12H19NOS. The molecule has 2 rings (SSSR count). The van der Waals surface area contributed by atoms with E-state index in [0.717, 1.165) is 25.8 Å². The van der Waals surface area contributed by atoms with E-state index >= 15 is 0 Å². The summed E-state index contributed by atoms with van der Waals surface area (Å²) in [6.07, 6.45) is 2.61. The van der Waals surface area contributed by atoms with Crippen LogP contribution in [0.2, 0.25) is 0 Å². The molecule has 0 amide bonds. The first-order chi connectivity index (χ1) is 7.09. The molecule has 0 bridgehead atoms. The molecule has 3 heteroatoms. The van der Waals surface area contributed by atoms with Crippen LogP contribution in [-0.2, 0) is 6.42 Å². The normalized spacial score (nSPS) is 33.1. The minimum absolute atomic E-state index is 0.475. The molecule has 1 aromatic rings. The maximum atomic E-state index is 10.5. The van der Waals surface area contributed by atoms with Gasteiger partial charge in [0.2, 0.25) is 0 Å². The molecule has 2 atom stereocenters. The quantitative estimate of drug-likeness (QED) is 0.833. The minimum atomic E-state index is -0.475. The molecule has 2 nitrogen and oxygen atoms in total. The third-order valence-electron chi connectivity index (χ3n) is 3.44. The van der Waals surface area contributed by atoms with E-state index in [1.807, 2.05) is 0 Å². The number of piperidine rings is 1. The predicted octanol–water partition coefficient (Wildman–Crippen LogP) is 2.14. The Hall–Kier alpha value is -0.380. The molecule has 1 aliphatic rings. The van der Waals surface area contributed by atoms with Crippen molar-refractivity contribution >= 4 is 11.3 Å². The van der Waals surface area contributed by atoms with E-state index in [4.69, 9.17) is 0 Å². The van der Waals surface area contributed by atoms with E-state index in [1.54, 1.807) is 11.3 Å². The Morgan fingerprint density at radius 2 is 2.47 bits per heavy atom. The number of likely N-dealkylation sites (tertiary alicyclic amines) is 1. The number of hydrogen-bond acceptors (Lipinski definition) is 3. The van der Waals surface area contributed by atoms with Gasteiger partial charge in [0.25, 0.3) is 0 Å². The van der Waals surface area contributed by atoms with Crippen LogP contribution in [0.15, 0.2) is 17.5 Å². The van der Waals surface area contributed by atoms with Gasteiger partial charge in [-0.15, -0.1) is 11.3 Å². The van der Waals surface area contributed by atoms with Gasteiger partial charge >= 0.3 is 0 Å². The van der Waals surface area contributed by atoms with Gasteiger partial charge in [-0.2, -0.15) is 0 Å². The fourth-order valence-electron chi connectivity index (χ4n) is 2.31. The van der Waals surface area contributed by atoms with Gasteiger partial charge < -0.3 is 10.0 Å². The molecule has 1 saturated heterocycles. The second kappa shape index (κ2) is 4.24. The van der Waals surface area contributed by atoms with E-state index in [-0.39, 0.29) is 0 Å². The Bertz CT molecular complexity index is 311. The lowest BCUT2D eigenvalue weighted by Crippen LogP contribution is -2.48. The first-order valence-corrected chi connectivity index (χ1v) is 6.42. The first kappa shape index (κ1) is 11.1. The van der Waals surface area contributed by atoms with Gasteiger partial charge in [0.15, 0.2) is 0 Å². The van der Waals surface area contributed by atoms with Crippen molar-refractivity contribution in [3.8, 4) is 0 Å². The average Bonchev–Trinajstić information content (AvgIpc) is 2.64. The second-order valence-corrected chi connectivity index (χ2v) is 5.80. The summed E-state index contributed by atoms with van der Waals surface area (Å²) >= 11 is 1.74. The van der Waals surface area contributed by atoms with Gasteiger partial charge in [0.05, 0.1) is 5.60 Å². The van der Waals surface area contributed by atoms with Crippen LogP contribution >= 0.6 is 11.3 Å². The van der Waals surface area contributed by atoms with Crippen LogP contribution in [0.5, 0.6) is 0 Å². The highest BCUT2D eigenvalue weighted by Crippen LogP contribution is 2.30. The fourth-order valence-corrected chi connectivity index (χ4v) is 3.15. The van der Waals surface area contributed by atoms with Crippen LogP contribution in [0.4, 0.5) is 0 Å². The zero-order chi connectivity index (χ0) is 10.9. The average molecular weight is 225 g/mol. The van der Waals surface area contributed by atoms with Gasteiger partial charge in [-0.25, -0.2) is 0 Å². The summed E-state index contributed by atoms with van der Waals surface area (Å²) in [7, 11) is 2.13. The molecule has 1 aromatic heterocycles. The lowest BCUT2D eigenvalue weighted by molar-refractivity contribution is -0.0348. The summed E-state index contributed by atoms with van der Waals surface area (Å²) in [6.45, 7) is 3.20. The van der Waals surface area contributed by atoms with Gasteiger partial charge in [-0.1, -0.05) is 6.07 Å². The number of aliphatic hydroxyl groups is 1. The smallest absolute Gasteiger partial charge is 0.0722 e. The van der Waals surface area contributed by atoms with Crippen LogP contribution in [-0.4, -0.2) is 35.2 Å². The maximum absolute atomic E-state index is 10.5. The lowest BCUT2D eigenvalue weighted by Gasteiger charge is -2.41. The predicted molar refractivity (Wildman–Crippen MR) is 64.3 cm³/mol. The lowest BCUT2D eigenvalue weighted by atomic mass is 9.84. The van der Waals surface area contributed by atoms with E-state index in [2.05, 4.69) is 36.4 Å². The molecule has 0 aliphatic carbocycles. The Morgan fingerprint density at radius 3 is 3.07 bits per heavy atom. The molecule has 1 aliphatic heterocycles. The molecule has 15 heavy (non-hydrogen) atoms. The molecule has 0 spiro atoms. The third kappa shape index (κ3) is 2.60. The van der Waals surface area contributed by atoms with Crippen molar-refractivity contribution in [2.45, 2.75) is 37.8 Å². The zero-order valence-corrected chi connectivity index (χ0v) is 10.3. The van der Waals surface area contributed by atoms with Crippen molar-refractivity contribution in [2.75, 3.05) is 13.6 Å². The van der Waals surface area contributed by atoms with Gasteiger partial charge in [-0.3, -0.25) is 0 Å². The third-order valence-corrected chi connectivity index (χ3v) is 4.32. The van der Waals surface area contributed by atoms with Crippen LogP contribution in [0.3, 0.4) is 0 Å². The summed E-state index contributed by atoms with van der Waals surface area (Å²) in [5, 5.41) is 12.6. The van der Waals surface area contributed by atoms with Crippen molar-refractivity contribution in [2.24, 2.45) is 0 Å². The second-order valence-electron chi connectivity index (χ2n) is 4.76. The molecule has 2 heterocycles. The van der Waals surface area contributed by atoms with Gasteiger partial charge in [0.1, 0.15) is 0 Å². The summed E-state index contributed by atoms with van der Waals surface area (Å²) in [6, 6.07) is 4.66. The Labute approximate surface area is 95.5 Å². The Morgan fingerprint density at radius 1 is 1.67 bits per heavy atom. The summed E-state index contributed by atoms with van der Waals surface area (Å²) in [4.78, 5) is 3.62. The van der Waals surface area contributed by atoms with Crippen LogP contribution in [0.1, 0.15) is 24.6 Å². The highest BCUT2D eigenvalue weighted by molar-refractivity contribution is 7.09. The standard InChI is InChI=1S/C12H19NOS/c1-10-8-12(14,5-6-13(10)2)9-11-4-3-7-15-11/h3-4,7,10,14H,5-6,8-9H2,1-2H3. The van der Waals surface area contributed by atoms with E-state index < -0.39 is 5.60 Å².